The van der Waals surface area contributed by atoms with E-state index in [9.17, 15) is 14.4 Å². The van der Waals surface area contributed by atoms with Crippen molar-refractivity contribution in [1.29, 1.82) is 0 Å². The highest BCUT2D eigenvalue weighted by Gasteiger charge is 2.55. The molecule has 0 bridgehead atoms. The number of aryl methyl sites for hydroxylation is 1. The molecule has 0 radical (unpaired) electrons. The molecule has 5 atom stereocenters. The molecule has 2 aliphatic rings. The monoisotopic (exact) mass is 734 g/mol. The third-order valence-corrected chi connectivity index (χ3v) is 12.0. The zero-order valence-corrected chi connectivity index (χ0v) is 34.2. The fourth-order valence-corrected chi connectivity index (χ4v) is 9.80. The number of likely N-dealkylation sites (tertiary alicyclic amines) is 1. The Balaban J connectivity index is 1.21. The van der Waals surface area contributed by atoms with Crippen LogP contribution in [0, 0.1) is 52.8 Å². The number of benzene rings is 1. The van der Waals surface area contributed by atoms with Crippen molar-refractivity contribution in [2.45, 2.75) is 114 Å². The van der Waals surface area contributed by atoms with E-state index in [0.717, 1.165) is 21.7 Å². The molecule has 1 aromatic heterocycles. The van der Waals surface area contributed by atoms with Gasteiger partial charge >= 0.3 is 0 Å². The second-order valence-electron chi connectivity index (χ2n) is 17.4. The van der Waals surface area contributed by atoms with Gasteiger partial charge in [-0.25, -0.2) is 4.98 Å². The van der Waals surface area contributed by atoms with Gasteiger partial charge in [-0.1, -0.05) is 98.4 Å². The van der Waals surface area contributed by atoms with Crippen LogP contribution >= 0.6 is 11.3 Å². The maximum absolute atomic E-state index is 13.9. The highest BCUT2D eigenvalue weighted by atomic mass is 32.1. The zero-order valence-electron chi connectivity index (χ0n) is 33.4. The van der Waals surface area contributed by atoms with E-state index in [2.05, 4.69) is 69.0 Å². The van der Waals surface area contributed by atoms with Gasteiger partial charge in [-0.2, -0.15) is 0 Å². The van der Waals surface area contributed by atoms with Crippen LogP contribution in [-0.4, -0.2) is 72.7 Å². The lowest BCUT2D eigenvalue weighted by Crippen LogP contribution is -2.58. The van der Waals surface area contributed by atoms with E-state index in [0.29, 0.717) is 55.3 Å². The zero-order chi connectivity index (χ0) is 38.4. The topological polar surface area (TPSA) is 110 Å². The lowest BCUT2D eigenvalue weighted by atomic mass is 9.44. The van der Waals surface area contributed by atoms with Gasteiger partial charge in [0, 0.05) is 12.5 Å². The van der Waals surface area contributed by atoms with Crippen LogP contribution in [0.1, 0.15) is 106 Å². The maximum Gasteiger partial charge on any atom is 0.246 e. The number of nitrogens with one attached hydrogen (secondary N) is 2. The molecule has 2 heterocycles. The van der Waals surface area contributed by atoms with Crippen LogP contribution in [0.5, 0.6) is 0 Å². The number of hydrogen-bond donors (Lipinski definition) is 2. The number of nitrogens with zero attached hydrogens (tertiary/aromatic N) is 2. The fraction of sp³-hybridized carbons (Fsp3) is 0.667. The van der Waals surface area contributed by atoms with Gasteiger partial charge in [-0.3, -0.25) is 14.4 Å². The number of aromatic nitrogens is 1. The summed E-state index contributed by atoms with van der Waals surface area (Å²) in [5.41, 5.74) is 5.03. The van der Waals surface area contributed by atoms with Crippen LogP contribution in [0.15, 0.2) is 29.8 Å². The largest absolute Gasteiger partial charge is 0.369 e. The predicted octanol–water partition coefficient (Wildman–Crippen LogP) is 7.20. The molecule has 3 amide bonds. The third kappa shape index (κ3) is 10.2. The van der Waals surface area contributed by atoms with Crippen molar-refractivity contribution in [2.75, 3.05) is 33.0 Å². The van der Waals surface area contributed by atoms with Crippen LogP contribution in [0.25, 0.3) is 10.4 Å². The van der Waals surface area contributed by atoms with E-state index in [1.165, 1.54) is 6.42 Å². The summed E-state index contributed by atoms with van der Waals surface area (Å²) in [5, 5.41) is 6.01. The number of rotatable bonds is 14. The van der Waals surface area contributed by atoms with Crippen molar-refractivity contribution in [3.05, 3.63) is 41.0 Å². The van der Waals surface area contributed by atoms with E-state index in [1.807, 2.05) is 64.4 Å². The normalized spacial score (nSPS) is 20.5. The Morgan fingerprint density at radius 3 is 2.27 bits per heavy atom. The van der Waals surface area contributed by atoms with E-state index < -0.39 is 17.5 Å². The van der Waals surface area contributed by atoms with Gasteiger partial charge < -0.3 is 25.0 Å². The highest BCUT2D eigenvalue weighted by Crippen LogP contribution is 2.62. The average molecular weight is 735 g/mol. The summed E-state index contributed by atoms with van der Waals surface area (Å²) in [6.45, 7) is 24.8. The highest BCUT2D eigenvalue weighted by molar-refractivity contribution is 7.13. The summed E-state index contributed by atoms with van der Waals surface area (Å²) in [7, 11) is 0. The Morgan fingerprint density at radius 2 is 1.67 bits per heavy atom. The minimum absolute atomic E-state index is 0.192. The van der Waals surface area contributed by atoms with Crippen molar-refractivity contribution >= 4 is 29.1 Å². The molecule has 1 aliphatic carbocycles. The maximum atomic E-state index is 13.9. The number of carbonyl (C=O) groups is 3. The molecule has 286 valence electrons. The molecule has 1 saturated carbocycles. The Kier molecular flexibility index (Phi) is 13.8. The van der Waals surface area contributed by atoms with Gasteiger partial charge in [-0.15, -0.1) is 11.3 Å². The summed E-state index contributed by atoms with van der Waals surface area (Å²) in [6.07, 6.45) is 2.53. The summed E-state index contributed by atoms with van der Waals surface area (Å²) < 4.78 is 11.2. The molecule has 10 heteroatoms. The molecular formula is C42H62N4O5S. The van der Waals surface area contributed by atoms with Crippen LogP contribution in [0.2, 0.25) is 0 Å². The number of thiazole rings is 1. The molecule has 1 aromatic carbocycles. The average Bonchev–Trinajstić information content (AvgIpc) is 3.72. The Hall–Kier alpha value is -3.26. The molecule has 9 nitrogen and oxygen atoms in total. The Morgan fingerprint density at radius 1 is 1.02 bits per heavy atom. The first-order valence-corrected chi connectivity index (χ1v) is 19.8. The second-order valence-corrected chi connectivity index (χ2v) is 18.2. The fourth-order valence-electron chi connectivity index (χ4n) is 8.99. The van der Waals surface area contributed by atoms with Crippen molar-refractivity contribution in [3.63, 3.8) is 0 Å². The second kappa shape index (κ2) is 17.3. The molecule has 1 aliphatic heterocycles. The standard InChI is InChI=1S/C42H62N4O5S/c1-27(28(2)36-41(8,9)25-42(36,10)11)14-13-21-50-22-23-51-24-34(47)45-37(40(5,6)7)39(49)46-20-12-15-33(46)38(48)44-29(3)31-16-18-32(19-17-31)35-30(4)43-26-52-35/h16-19,26-29,33,36-37H,12,15,20-25H2,1-11H3,(H,44,48)(H,45,47)/t27?,28-,29?,33+,37?/m1/s1. The van der Waals surface area contributed by atoms with Crippen molar-refractivity contribution in [3.8, 4) is 22.3 Å². The van der Waals surface area contributed by atoms with Gasteiger partial charge in [0.15, 0.2) is 0 Å². The molecule has 1 saturated heterocycles. The van der Waals surface area contributed by atoms with Gasteiger partial charge in [-0.05, 0) is 72.3 Å². The first-order chi connectivity index (χ1) is 24.3. The molecule has 52 heavy (non-hydrogen) atoms. The lowest BCUT2D eigenvalue weighted by molar-refractivity contribution is -0.144. The molecule has 2 N–H and O–H groups in total. The summed E-state index contributed by atoms with van der Waals surface area (Å²) in [4.78, 5) is 47.5. The molecule has 4 rings (SSSR count). The minimum Gasteiger partial charge on any atom is -0.369 e. The van der Waals surface area contributed by atoms with Gasteiger partial charge in [0.25, 0.3) is 0 Å². The van der Waals surface area contributed by atoms with Crippen LogP contribution in [0.3, 0.4) is 0 Å². The quantitative estimate of drug-likeness (QED) is 0.157. The first kappa shape index (κ1) is 41.5. The summed E-state index contributed by atoms with van der Waals surface area (Å²) in [6, 6.07) is 6.48. The van der Waals surface area contributed by atoms with Gasteiger partial charge in [0.05, 0.1) is 35.3 Å². The Bertz CT molecular complexity index is 1580. The summed E-state index contributed by atoms with van der Waals surface area (Å²) >= 11 is 1.61. The number of ether oxygens (including phenoxy) is 2. The molecular weight excluding hydrogens is 673 g/mol. The van der Waals surface area contributed by atoms with Crippen molar-refractivity contribution in [1.82, 2.24) is 20.5 Å². The molecule has 0 spiro atoms. The Labute approximate surface area is 316 Å². The summed E-state index contributed by atoms with van der Waals surface area (Å²) in [5.74, 6) is 7.12. The van der Waals surface area contributed by atoms with E-state index in [-0.39, 0.29) is 42.9 Å². The van der Waals surface area contributed by atoms with Crippen molar-refractivity contribution < 1.29 is 23.9 Å². The van der Waals surface area contributed by atoms with Crippen molar-refractivity contribution in [2.24, 2.45) is 34.0 Å². The number of hydrogen-bond acceptors (Lipinski definition) is 7. The van der Waals surface area contributed by atoms with Crippen LogP contribution < -0.4 is 10.6 Å². The smallest absolute Gasteiger partial charge is 0.246 e. The van der Waals surface area contributed by atoms with E-state index in [4.69, 9.17) is 9.47 Å². The van der Waals surface area contributed by atoms with E-state index >= 15 is 0 Å². The lowest BCUT2D eigenvalue weighted by Gasteiger charge is -2.61. The number of carbonyl (C=O) groups excluding carboxylic acids is 3. The molecule has 3 unspecified atom stereocenters. The van der Waals surface area contributed by atoms with Crippen LogP contribution in [-0.2, 0) is 23.9 Å². The first-order valence-electron chi connectivity index (χ1n) is 18.9. The minimum atomic E-state index is -0.816. The SMILES string of the molecule is Cc1ncsc1-c1ccc(C(C)NC(=O)[C@@H]2CCCN2C(=O)C(NC(=O)COCCOCC#CC(C)[C@@H](C)C2C(C)(C)CC2(C)C)C(C)(C)C)cc1. The number of amides is 3. The van der Waals surface area contributed by atoms with Gasteiger partial charge in [0.2, 0.25) is 17.7 Å². The molecule has 2 aromatic rings. The van der Waals surface area contributed by atoms with E-state index in [1.54, 1.807) is 16.2 Å². The predicted molar refractivity (Wildman–Crippen MR) is 208 cm³/mol. The van der Waals surface area contributed by atoms with Gasteiger partial charge in [0.1, 0.15) is 25.3 Å². The van der Waals surface area contributed by atoms with Crippen LogP contribution in [0.4, 0.5) is 0 Å². The molecule has 2 fully saturated rings. The third-order valence-electron chi connectivity index (χ3n) is 11.1.